The van der Waals surface area contributed by atoms with Crippen LogP contribution in [-0.4, -0.2) is 26.8 Å². The van der Waals surface area contributed by atoms with Gasteiger partial charge < -0.3 is 14.8 Å². The van der Waals surface area contributed by atoms with Crippen LogP contribution in [0.1, 0.15) is 12.0 Å². The predicted octanol–water partition coefficient (Wildman–Crippen LogP) is 3.04. The molecule has 22 heavy (non-hydrogen) atoms. The first-order valence-corrected chi connectivity index (χ1v) is 7.70. The molecule has 0 aromatic heterocycles. The largest absolute Gasteiger partial charge is 0.501 e. The Kier molecular flexibility index (Phi) is 4.48. The van der Waals surface area contributed by atoms with E-state index in [-0.39, 0.29) is 11.9 Å². The van der Waals surface area contributed by atoms with Crippen LogP contribution in [0.5, 0.6) is 0 Å². The summed E-state index contributed by atoms with van der Waals surface area (Å²) in [6, 6.07) is 7.04. The standard InChI is InChI=1S/C18H22FNO2/c1-21-15-10-13-7-8-20-16(18(13)17(11-15)22-2)9-12-3-5-14(19)6-4-12/h3-6,10-11,13,16,18,20H,7-9H2,1-2H3. The van der Waals surface area contributed by atoms with Crippen molar-refractivity contribution in [3.05, 3.63) is 59.3 Å². The van der Waals surface area contributed by atoms with E-state index < -0.39 is 0 Å². The number of halogens is 1. The maximum atomic E-state index is 13.1. The molecule has 1 fully saturated rings. The fourth-order valence-corrected chi connectivity index (χ4v) is 3.53. The van der Waals surface area contributed by atoms with Crippen LogP contribution in [0.15, 0.2) is 47.9 Å². The summed E-state index contributed by atoms with van der Waals surface area (Å²) in [5.41, 5.74) is 1.14. The molecule has 3 nitrogen and oxygen atoms in total. The Morgan fingerprint density at radius 2 is 1.95 bits per heavy atom. The van der Waals surface area contributed by atoms with Gasteiger partial charge in [0.05, 0.1) is 14.2 Å². The summed E-state index contributed by atoms with van der Waals surface area (Å²) in [4.78, 5) is 0. The van der Waals surface area contributed by atoms with E-state index in [1.807, 2.05) is 18.2 Å². The number of allylic oxidation sites excluding steroid dienone is 2. The summed E-state index contributed by atoms with van der Waals surface area (Å²) in [6.45, 7) is 0.970. The van der Waals surface area contributed by atoms with Gasteiger partial charge in [0.2, 0.25) is 0 Å². The summed E-state index contributed by atoms with van der Waals surface area (Å²) in [5.74, 6) is 2.36. The van der Waals surface area contributed by atoms with E-state index in [2.05, 4.69) is 11.4 Å². The number of piperidine rings is 1. The molecule has 0 saturated carbocycles. The fourth-order valence-electron chi connectivity index (χ4n) is 3.53. The van der Waals surface area contributed by atoms with Crippen LogP contribution in [-0.2, 0) is 15.9 Å². The smallest absolute Gasteiger partial charge is 0.123 e. The van der Waals surface area contributed by atoms with E-state index >= 15 is 0 Å². The number of ether oxygens (including phenoxy) is 2. The van der Waals surface area contributed by atoms with Crippen molar-refractivity contribution in [2.45, 2.75) is 18.9 Å². The molecule has 1 N–H and O–H groups in total. The SMILES string of the molecule is COC1=CC2CCNC(Cc3ccc(F)cc3)C2C(OC)=C1. The molecule has 3 atom stereocenters. The van der Waals surface area contributed by atoms with Gasteiger partial charge in [-0.2, -0.15) is 0 Å². The van der Waals surface area contributed by atoms with E-state index in [1.54, 1.807) is 14.2 Å². The Balaban J connectivity index is 1.82. The molecule has 0 radical (unpaired) electrons. The average Bonchev–Trinajstić information content (AvgIpc) is 2.56. The van der Waals surface area contributed by atoms with Crippen LogP contribution in [0.3, 0.4) is 0 Å². The van der Waals surface area contributed by atoms with Gasteiger partial charge in [-0.15, -0.1) is 0 Å². The first kappa shape index (κ1) is 15.1. The third-order valence-electron chi connectivity index (χ3n) is 4.61. The van der Waals surface area contributed by atoms with Crippen molar-refractivity contribution in [1.29, 1.82) is 0 Å². The van der Waals surface area contributed by atoms with Gasteiger partial charge in [-0.1, -0.05) is 12.1 Å². The molecular weight excluding hydrogens is 281 g/mol. The number of rotatable bonds is 4. The molecule has 1 aliphatic heterocycles. The molecule has 0 amide bonds. The second kappa shape index (κ2) is 6.53. The number of hydrogen-bond donors (Lipinski definition) is 1. The average molecular weight is 303 g/mol. The number of methoxy groups -OCH3 is 2. The first-order valence-electron chi connectivity index (χ1n) is 7.70. The monoisotopic (exact) mass is 303 g/mol. The highest BCUT2D eigenvalue weighted by Crippen LogP contribution is 2.37. The normalized spacial score (nSPS) is 27.5. The van der Waals surface area contributed by atoms with Crippen molar-refractivity contribution >= 4 is 0 Å². The lowest BCUT2D eigenvalue weighted by Crippen LogP contribution is -2.48. The minimum atomic E-state index is -0.193. The third kappa shape index (κ3) is 3.02. The first-order chi connectivity index (χ1) is 10.7. The van der Waals surface area contributed by atoms with Gasteiger partial charge in [-0.25, -0.2) is 4.39 Å². The van der Waals surface area contributed by atoms with Crippen molar-refractivity contribution in [1.82, 2.24) is 5.32 Å². The molecule has 0 spiro atoms. The Morgan fingerprint density at radius 3 is 2.64 bits per heavy atom. The molecule has 118 valence electrons. The zero-order valence-corrected chi connectivity index (χ0v) is 13.0. The number of fused-ring (bicyclic) bond motifs is 1. The summed E-state index contributed by atoms with van der Waals surface area (Å²) in [5, 5.41) is 3.59. The topological polar surface area (TPSA) is 30.5 Å². The van der Waals surface area contributed by atoms with Gasteiger partial charge in [0, 0.05) is 18.0 Å². The second-order valence-corrected chi connectivity index (χ2v) is 5.89. The van der Waals surface area contributed by atoms with E-state index in [9.17, 15) is 4.39 Å². The maximum absolute atomic E-state index is 13.1. The van der Waals surface area contributed by atoms with E-state index in [0.29, 0.717) is 11.8 Å². The molecule has 2 aliphatic rings. The van der Waals surface area contributed by atoms with Gasteiger partial charge in [-0.3, -0.25) is 0 Å². The Morgan fingerprint density at radius 1 is 1.18 bits per heavy atom. The number of nitrogens with one attached hydrogen (secondary N) is 1. The van der Waals surface area contributed by atoms with Gasteiger partial charge in [0.1, 0.15) is 17.3 Å². The Labute approximate surface area is 130 Å². The lowest BCUT2D eigenvalue weighted by atomic mass is 9.75. The predicted molar refractivity (Wildman–Crippen MR) is 83.7 cm³/mol. The minimum Gasteiger partial charge on any atom is -0.501 e. The van der Waals surface area contributed by atoms with Crippen molar-refractivity contribution in [2.24, 2.45) is 11.8 Å². The third-order valence-corrected chi connectivity index (χ3v) is 4.61. The van der Waals surface area contributed by atoms with E-state index in [0.717, 1.165) is 36.5 Å². The van der Waals surface area contributed by atoms with Crippen LogP contribution in [0.4, 0.5) is 4.39 Å². The minimum absolute atomic E-state index is 0.193. The maximum Gasteiger partial charge on any atom is 0.123 e. The zero-order valence-electron chi connectivity index (χ0n) is 13.0. The summed E-state index contributed by atoms with van der Waals surface area (Å²) < 4.78 is 24.1. The molecule has 4 heteroatoms. The van der Waals surface area contributed by atoms with Crippen LogP contribution < -0.4 is 5.32 Å². The van der Waals surface area contributed by atoms with Gasteiger partial charge in [-0.05, 0) is 49.1 Å². The van der Waals surface area contributed by atoms with Gasteiger partial charge >= 0.3 is 0 Å². The highest BCUT2D eigenvalue weighted by atomic mass is 19.1. The molecule has 1 aromatic rings. The van der Waals surface area contributed by atoms with Crippen molar-refractivity contribution in [3.8, 4) is 0 Å². The lowest BCUT2D eigenvalue weighted by molar-refractivity contribution is 0.146. The quantitative estimate of drug-likeness (QED) is 0.927. The van der Waals surface area contributed by atoms with Crippen molar-refractivity contribution in [2.75, 3.05) is 20.8 Å². The molecule has 3 unspecified atom stereocenters. The molecule has 0 bridgehead atoms. The van der Waals surface area contributed by atoms with Crippen LogP contribution >= 0.6 is 0 Å². The van der Waals surface area contributed by atoms with Gasteiger partial charge in [0.25, 0.3) is 0 Å². The van der Waals surface area contributed by atoms with Gasteiger partial charge in [0.15, 0.2) is 0 Å². The highest BCUT2D eigenvalue weighted by Gasteiger charge is 2.38. The number of hydrogen-bond acceptors (Lipinski definition) is 3. The summed E-state index contributed by atoms with van der Waals surface area (Å²) >= 11 is 0. The molecule has 1 aliphatic carbocycles. The second-order valence-electron chi connectivity index (χ2n) is 5.89. The fraction of sp³-hybridized carbons (Fsp3) is 0.444. The van der Waals surface area contributed by atoms with Crippen molar-refractivity contribution in [3.63, 3.8) is 0 Å². The van der Waals surface area contributed by atoms with Crippen molar-refractivity contribution < 1.29 is 13.9 Å². The zero-order chi connectivity index (χ0) is 15.5. The lowest BCUT2D eigenvalue weighted by Gasteiger charge is -2.40. The van der Waals surface area contributed by atoms with E-state index in [1.165, 1.54) is 12.1 Å². The van der Waals surface area contributed by atoms with Crippen LogP contribution in [0, 0.1) is 17.7 Å². The van der Waals surface area contributed by atoms with E-state index in [4.69, 9.17) is 9.47 Å². The van der Waals surface area contributed by atoms with Crippen LogP contribution in [0.25, 0.3) is 0 Å². The Bertz CT molecular complexity index is 579. The summed E-state index contributed by atoms with van der Waals surface area (Å²) in [6.07, 6.45) is 6.11. The number of benzene rings is 1. The molecule has 1 saturated heterocycles. The molecular formula is C18H22FNO2. The molecule has 1 heterocycles. The highest BCUT2D eigenvalue weighted by molar-refractivity contribution is 5.28. The van der Waals surface area contributed by atoms with Crippen LogP contribution in [0.2, 0.25) is 0 Å². The Hall–Kier alpha value is -1.81. The molecule has 1 aromatic carbocycles. The molecule has 3 rings (SSSR count). The summed E-state index contributed by atoms with van der Waals surface area (Å²) in [7, 11) is 3.40.